The van der Waals surface area contributed by atoms with E-state index in [9.17, 15) is 4.79 Å². The molecule has 1 heterocycles. The predicted molar refractivity (Wildman–Crippen MR) is 50.7 cm³/mol. The van der Waals surface area contributed by atoms with Crippen LogP contribution in [0.15, 0.2) is 27.9 Å². The van der Waals surface area contributed by atoms with Crippen LogP contribution in [0.25, 0.3) is 0 Å². The van der Waals surface area contributed by atoms with Gasteiger partial charge in [0.15, 0.2) is 0 Å². The Balaban J connectivity index is 2.43. The number of amides is 2. The first-order valence-corrected chi connectivity index (χ1v) is 4.59. The van der Waals surface area contributed by atoms with Gasteiger partial charge < -0.3 is 5.32 Å². The maximum Gasteiger partial charge on any atom is 0.346 e. The number of allylic oxidation sites excluding steroid dienone is 3. The molecular formula is C7H4BrClN2O. The molecule has 62 valence electrons. The Morgan fingerprint density at radius 1 is 1.67 bits per heavy atom. The van der Waals surface area contributed by atoms with E-state index in [1.54, 1.807) is 6.08 Å². The van der Waals surface area contributed by atoms with Crippen molar-refractivity contribution in [2.75, 3.05) is 0 Å². The number of carbonyl (C=O) groups excluding carboxylic acids is 1. The number of urea groups is 1. The van der Waals surface area contributed by atoms with Crippen LogP contribution in [0.4, 0.5) is 4.79 Å². The van der Waals surface area contributed by atoms with Crippen LogP contribution in [0.3, 0.4) is 0 Å². The van der Waals surface area contributed by atoms with Crippen molar-refractivity contribution in [2.24, 2.45) is 4.99 Å². The number of rotatable bonds is 0. The number of nitrogens with one attached hydrogen (secondary N) is 1. The van der Waals surface area contributed by atoms with Crippen molar-refractivity contribution in [2.45, 2.75) is 4.83 Å². The third kappa shape index (κ3) is 1.21. The van der Waals surface area contributed by atoms with Gasteiger partial charge in [-0.3, -0.25) is 0 Å². The fourth-order valence-corrected chi connectivity index (χ4v) is 1.61. The third-order valence-electron chi connectivity index (χ3n) is 1.59. The summed E-state index contributed by atoms with van der Waals surface area (Å²) in [5.41, 5.74) is 1.34. The summed E-state index contributed by atoms with van der Waals surface area (Å²) in [5, 5.41) is 3.23. The fraction of sp³-hybridized carbons (Fsp3) is 0.143. The van der Waals surface area contributed by atoms with Crippen LogP contribution in [-0.4, -0.2) is 16.6 Å². The second kappa shape index (κ2) is 2.71. The largest absolute Gasteiger partial charge is 0.346 e. The van der Waals surface area contributed by atoms with E-state index in [2.05, 4.69) is 26.2 Å². The fourth-order valence-electron chi connectivity index (χ4n) is 1.05. The van der Waals surface area contributed by atoms with Gasteiger partial charge in [-0.05, 0) is 12.2 Å². The third-order valence-corrected chi connectivity index (χ3v) is 2.96. The Bertz CT molecular complexity index is 345. The minimum absolute atomic E-state index is 0.0217. The minimum Gasteiger partial charge on any atom is -0.304 e. The van der Waals surface area contributed by atoms with Crippen molar-refractivity contribution < 1.29 is 4.79 Å². The first-order chi connectivity index (χ1) is 5.66. The van der Waals surface area contributed by atoms with E-state index in [-0.39, 0.29) is 10.9 Å². The first kappa shape index (κ1) is 8.01. The number of alkyl halides is 1. The highest BCUT2D eigenvalue weighted by Crippen LogP contribution is 2.25. The zero-order valence-corrected chi connectivity index (χ0v) is 8.19. The van der Waals surface area contributed by atoms with Crippen molar-refractivity contribution in [3.8, 4) is 0 Å². The lowest BCUT2D eigenvalue weighted by Crippen LogP contribution is -2.18. The Morgan fingerprint density at radius 3 is 3.17 bits per heavy atom. The molecule has 12 heavy (non-hydrogen) atoms. The first-order valence-electron chi connectivity index (χ1n) is 3.30. The molecule has 0 aromatic heterocycles. The minimum atomic E-state index is -0.335. The van der Waals surface area contributed by atoms with E-state index >= 15 is 0 Å². The molecule has 0 fully saturated rings. The average molecular weight is 247 g/mol. The average Bonchev–Trinajstić information content (AvgIpc) is 2.30. The van der Waals surface area contributed by atoms with Gasteiger partial charge in [-0.2, -0.15) is 4.99 Å². The molecule has 1 N–H and O–H groups in total. The van der Waals surface area contributed by atoms with Gasteiger partial charge >= 0.3 is 6.03 Å². The summed E-state index contributed by atoms with van der Waals surface area (Å²) < 4.78 is 0. The summed E-state index contributed by atoms with van der Waals surface area (Å²) in [6.45, 7) is 0. The number of halogens is 2. The lowest BCUT2D eigenvalue weighted by atomic mass is 10.1. The Labute approximate surface area is 82.3 Å². The summed E-state index contributed by atoms with van der Waals surface area (Å²) in [6, 6.07) is -0.335. The summed E-state index contributed by atoms with van der Waals surface area (Å²) in [5.74, 6) is 0. The van der Waals surface area contributed by atoms with Gasteiger partial charge in [0.1, 0.15) is 0 Å². The van der Waals surface area contributed by atoms with Crippen LogP contribution in [-0.2, 0) is 0 Å². The molecule has 5 heteroatoms. The summed E-state index contributed by atoms with van der Waals surface area (Å²) >= 11 is 9.16. The van der Waals surface area contributed by atoms with Crippen molar-refractivity contribution >= 4 is 39.3 Å². The van der Waals surface area contributed by atoms with Gasteiger partial charge in [-0.25, -0.2) is 4.79 Å². The second-order valence-electron chi connectivity index (χ2n) is 2.44. The highest BCUT2D eigenvalue weighted by atomic mass is 79.9. The molecule has 1 aliphatic carbocycles. The Kier molecular flexibility index (Phi) is 1.81. The van der Waals surface area contributed by atoms with Crippen LogP contribution in [0, 0.1) is 0 Å². The summed E-state index contributed by atoms with van der Waals surface area (Å²) in [7, 11) is 0. The van der Waals surface area contributed by atoms with Crippen molar-refractivity contribution in [1.29, 1.82) is 0 Å². The van der Waals surface area contributed by atoms with Crippen molar-refractivity contribution in [3.63, 3.8) is 0 Å². The molecule has 0 aromatic rings. The quantitative estimate of drug-likeness (QED) is 0.653. The molecule has 0 spiro atoms. The van der Waals surface area contributed by atoms with E-state index in [0.717, 1.165) is 5.70 Å². The van der Waals surface area contributed by atoms with Gasteiger partial charge in [-0.15, -0.1) is 0 Å². The number of aliphatic imine (C=N–C) groups is 1. The summed E-state index contributed by atoms with van der Waals surface area (Å²) in [4.78, 5) is 14.5. The second-order valence-corrected chi connectivity index (χ2v) is 3.86. The SMILES string of the molecule is O=C1N=C2C=C(Cl)C(Br)C=C2N1. The van der Waals surface area contributed by atoms with E-state index < -0.39 is 0 Å². The van der Waals surface area contributed by atoms with Gasteiger partial charge in [0.2, 0.25) is 0 Å². The van der Waals surface area contributed by atoms with E-state index in [4.69, 9.17) is 11.6 Å². The van der Waals surface area contributed by atoms with E-state index in [1.165, 1.54) is 0 Å². The van der Waals surface area contributed by atoms with Gasteiger partial charge in [0.05, 0.1) is 16.2 Å². The van der Waals surface area contributed by atoms with Crippen LogP contribution < -0.4 is 5.32 Å². The van der Waals surface area contributed by atoms with Crippen LogP contribution >= 0.6 is 27.5 Å². The predicted octanol–water partition coefficient (Wildman–Crippen LogP) is 1.93. The van der Waals surface area contributed by atoms with E-state index in [0.29, 0.717) is 10.7 Å². The molecule has 0 saturated carbocycles. The van der Waals surface area contributed by atoms with Crippen LogP contribution in [0.5, 0.6) is 0 Å². The van der Waals surface area contributed by atoms with Gasteiger partial charge in [0.25, 0.3) is 0 Å². The molecule has 3 nitrogen and oxygen atoms in total. The number of nitrogens with zero attached hydrogens (tertiary/aromatic N) is 1. The maximum atomic E-state index is 10.8. The van der Waals surface area contributed by atoms with Crippen molar-refractivity contribution in [3.05, 3.63) is 22.9 Å². The smallest absolute Gasteiger partial charge is 0.304 e. The molecule has 2 amide bonds. The summed E-state index contributed by atoms with van der Waals surface area (Å²) in [6.07, 6.45) is 3.49. The van der Waals surface area contributed by atoms with Crippen LogP contribution in [0.1, 0.15) is 0 Å². The number of fused-ring (bicyclic) bond motifs is 1. The Morgan fingerprint density at radius 2 is 2.42 bits per heavy atom. The molecule has 1 atom stereocenters. The molecule has 0 radical (unpaired) electrons. The standard InChI is InChI=1S/C7H4BrClN2O/c8-3-1-5-6(2-4(3)9)11-7(12)10-5/h1-3H,(H,10,12). The molecule has 1 unspecified atom stereocenters. The normalized spacial score (nSPS) is 27.0. The molecule has 1 aliphatic heterocycles. The number of hydrogen-bond donors (Lipinski definition) is 1. The molecule has 0 saturated heterocycles. The molecule has 0 bridgehead atoms. The van der Waals surface area contributed by atoms with Crippen molar-refractivity contribution in [1.82, 2.24) is 5.32 Å². The Hall–Kier alpha value is -0.610. The topological polar surface area (TPSA) is 41.5 Å². The van der Waals surface area contributed by atoms with Crippen LogP contribution in [0.2, 0.25) is 0 Å². The number of carbonyl (C=O) groups is 1. The lowest BCUT2D eigenvalue weighted by molar-refractivity contribution is 0.253. The molecule has 0 aromatic carbocycles. The monoisotopic (exact) mass is 246 g/mol. The van der Waals surface area contributed by atoms with Gasteiger partial charge in [-0.1, -0.05) is 27.5 Å². The highest BCUT2D eigenvalue weighted by molar-refractivity contribution is 9.09. The highest BCUT2D eigenvalue weighted by Gasteiger charge is 2.24. The zero-order valence-electron chi connectivity index (χ0n) is 5.84. The number of hydrogen-bond acceptors (Lipinski definition) is 1. The maximum absolute atomic E-state index is 10.8. The van der Waals surface area contributed by atoms with Gasteiger partial charge in [0, 0.05) is 5.03 Å². The molecule has 2 aliphatic rings. The zero-order chi connectivity index (χ0) is 8.72. The molecule has 2 rings (SSSR count). The molecular weight excluding hydrogens is 243 g/mol. The van der Waals surface area contributed by atoms with E-state index in [1.807, 2.05) is 6.08 Å². The lowest BCUT2D eigenvalue weighted by Gasteiger charge is -2.10.